The molecule has 0 aromatic rings. The number of carboxylic acid groups (broad SMARTS) is 1. The summed E-state index contributed by atoms with van der Waals surface area (Å²) in [6.45, 7) is 17.7. The number of amides is 1. The molecule has 8 nitrogen and oxygen atoms in total. The molecule has 0 aromatic carbocycles. The van der Waals surface area contributed by atoms with Crippen molar-refractivity contribution in [2.75, 3.05) is 33.5 Å². The quantitative estimate of drug-likeness (QED) is 0.268. The molecule has 1 amide bonds. The van der Waals surface area contributed by atoms with Crippen molar-refractivity contribution in [3.05, 3.63) is 0 Å². The predicted molar refractivity (Wildman–Crippen MR) is 130 cm³/mol. The molecule has 0 unspecified atom stereocenters. The van der Waals surface area contributed by atoms with E-state index < -0.39 is 17.2 Å². The second kappa shape index (κ2) is 14.2. The van der Waals surface area contributed by atoms with E-state index in [4.69, 9.17) is 24.1 Å². The second-order valence-corrected chi connectivity index (χ2v) is 11.0. The summed E-state index contributed by atoms with van der Waals surface area (Å²) in [6.07, 6.45) is 3.03. The predicted octanol–water partition coefficient (Wildman–Crippen LogP) is 4.34. The van der Waals surface area contributed by atoms with Crippen LogP contribution in [0.25, 0.3) is 0 Å². The van der Waals surface area contributed by atoms with E-state index in [1.807, 2.05) is 55.4 Å². The first-order valence-electron chi connectivity index (χ1n) is 11.9. The van der Waals surface area contributed by atoms with Crippen molar-refractivity contribution >= 4 is 11.9 Å². The summed E-state index contributed by atoms with van der Waals surface area (Å²) in [5.41, 5.74) is -1.48. The molecule has 0 spiro atoms. The van der Waals surface area contributed by atoms with Crippen LogP contribution >= 0.6 is 0 Å². The highest BCUT2D eigenvalue weighted by Crippen LogP contribution is 2.21. The van der Waals surface area contributed by atoms with Crippen LogP contribution < -0.4 is 5.32 Å². The van der Waals surface area contributed by atoms with E-state index in [-0.39, 0.29) is 23.5 Å². The first-order chi connectivity index (χ1) is 15.0. The zero-order valence-electron chi connectivity index (χ0n) is 22.5. The van der Waals surface area contributed by atoms with Gasteiger partial charge >= 0.3 is 5.97 Å². The Morgan fingerprint density at radius 2 is 1.09 bits per heavy atom. The van der Waals surface area contributed by atoms with E-state index in [2.05, 4.69) is 5.32 Å². The summed E-state index contributed by atoms with van der Waals surface area (Å²) in [7, 11) is 1.69. The van der Waals surface area contributed by atoms with Crippen LogP contribution in [0, 0.1) is 0 Å². The van der Waals surface area contributed by atoms with Crippen molar-refractivity contribution in [3.63, 3.8) is 0 Å². The Balaban J connectivity index is 4.06. The Hall–Kier alpha value is -1.22. The third kappa shape index (κ3) is 17.9. The van der Waals surface area contributed by atoms with Gasteiger partial charge in [0.1, 0.15) is 0 Å². The summed E-state index contributed by atoms with van der Waals surface area (Å²) < 4.78 is 23.1. The first kappa shape index (κ1) is 31.8. The molecule has 0 atom stereocenters. The van der Waals surface area contributed by atoms with Crippen molar-refractivity contribution in [2.45, 2.75) is 116 Å². The van der Waals surface area contributed by atoms with E-state index in [1.54, 1.807) is 7.11 Å². The molecular formula is C25H49NO7. The molecule has 0 saturated heterocycles. The van der Waals surface area contributed by atoms with Gasteiger partial charge in [-0.25, -0.2) is 0 Å². The Morgan fingerprint density at radius 1 is 0.667 bits per heavy atom. The van der Waals surface area contributed by atoms with Crippen molar-refractivity contribution in [1.82, 2.24) is 5.32 Å². The maximum absolute atomic E-state index is 12.2. The average molecular weight is 476 g/mol. The number of carbonyl (C=O) groups excluding carboxylic acids is 1. The molecule has 0 fully saturated rings. The summed E-state index contributed by atoms with van der Waals surface area (Å²) in [4.78, 5) is 22.9. The average Bonchev–Trinajstić information content (AvgIpc) is 2.68. The van der Waals surface area contributed by atoms with Gasteiger partial charge in [-0.2, -0.15) is 0 Å². The topological polar surface area (TPSA) is 103 Å². The van der Waals surface area contributed by atoms with Crippen molar-refractivity contribution in [3.8, 4) is 0 Å². The Bertz CT molecular complexity index is 585. The van der Waals surface area contributed by atoms with E-state index in [9.17, 15) is 9.59 Å². The van der Waals surface area contributed by atoms with Crippen LogP contribution in [0.2, 0.25) is 0 Å². The molecule has 33 heavy (non-hydrogen) atoms. The van der Waals surface area contributed by atoms with Gasteiger partial charge in [-0.1, -0.05) is 0 Å². The summed E-state index contributed by atoms with van der Waals surface area (Å²) in [5, 5.41) is 11.7. The molecular weight excluding hydrogens is 426 g/mol. The van der Waals surface area contributed by atoms with Crippen LogP contribution in [0.3, 0.4) is 0 Å². The zero-order chi connectivity index (χ0) is 25.8. The smallest absolute Gasteiger partial charge is 0.303 e. The van der Waals surface area contributed by atoms with E-state index >= 15 is 0 Å². The zero-order valence-corrected chi connectivity index (χ0v) is 22.5. The van der Waals surface area contributed by atoms with Gasteiger partial charge in [-0.3, -0.25) is 9.59 Å². The molecule has 8 heteroatoms. The van der Waals surface area contributed by atoms with Gasteiger partial charge in [0.05, 0.1) is 42.2 Å². The van der Waals surface area contributed by atoms with Crippen LogP contribution in [0.1, 0.15) is 93.9 Å². The maximum atomic E-state index is 12.2. The van der Waals surface area contributed by atoms with Crippen LogP contribution in [-0.2, 0) is 28.5 Å². The highest BCUT2D eigenvalue weighted by molar-refractivity contribution is 5.75. The number of carboxylic acids is 1. The lowest BCUT2D eigenvalue weighted by Crippen LogP contribution is -2.35. The molecule has 0 aliphatic carbocycles. The van der Waals surface area contributed by atoms with E-state index in [0.717, 1.165) is 6.42 Å². The SMILES string of the molecule is COC(C)(C)CCOC(C)(C)CCC(=O)NCCOC(C)(C)CCOC(C)(C)CCC(=O)O. The van der Waals surface area contributed by atoms with Gasteiger partial charge < -0.3 is 29.4 Å². The maximum Gasteiger partial charge on any atom is 0.303 e. The lowest BCUT2D eigenvalue weighted by Gasteiger charge is -2.29. The number of hydrogen-bond acceptors (Lipinski definition) is 6. The van der Waals surface area contributed by atoms with Gasteiger partial charge in [-0.15, -0.1) is 0 Å². The molecule has 0 bridgehead atoms. The third-order valence-electron chi connectivity index (χ3n) is 5.76. The number of ether oxygens (including phenoxy) is 4. The Morgan fingerprint density at radius 3 is 1.58 bits per heavy atom. The van der Waals surface area contributed by atoms with Gasteiger partial charge in [0.15, 0.2) is 0 Å². The van der Waals surface area contributed by atoms with Gasteiger partial charge in [0, 0.05) is 26.5 Å². The van der Waals surface area contributed by atoms with Crippen molar-refractivity contribution in [1.29, 1.82) is 0 Å². The standard InChI is InChI=1S/C25H49NO7/c1-22(2,30-9)14-17-31-23(3,4)12-10-20(27)26-16-19-33-25(7,8)15-18-32-24(5,6)13-11-21(28)29/h10-19H2,1-9H3,(H,26,27)(H,28,29). The third-order valence-corrected chi connectivity index (χ3v) is 5.76. The Labute approximate surface area is 201 Å². The Kier molecular flexibility index (Phi) is 13.7. The molecule has 196 valence electrons. The molecule has 0 rings (SSSR count). The first-order valence-corrected chi connectivity index (χ1v) is 11.9. The molecule has 0 heterocycles. The highest BCUT2D eigenvalue weighted by atomic mass is 16.5. The van der Waals surface area contributed by atoms with Crippen molar-refractivity contribution < 1.29 is 33.6 Å². The molecule has 2 N–H and O–H groups in total. The minimum atomic E-state index is -0.820. The number of carbonyl (C=O) groups is 2. The number of rotatable bonds is 19. The minimum absolute atomic E-state index is 0.0196. The number of methoxy groups -OCH3 is 1. The highest BCUT2D eigenvalue weighted by Gasteiger charge is 2.24. The molecule has 0 radical (unpaired) electrons. The van der Waals surface area contributed by atoms with Crippen LogP contribution in [0.5, 0.6) is 0 Å². The summed E-state index contributed by atoms with van der Waals surface area (Å²) >= 11 is 0. The second-order valence-electron chi connectivity index (χ2n) is 11.0. The number of nitrogens with one attached hydrogen (secondary N) is 1. The molecule has 0 aromatic heterocycles. The number of aliphatic carboxylic acids is 1. The van der Waals surface area contributed by atoms with E-state index in [1.165, 1.54) is 0 Å². The largest absolute Gasteiger partial charge is 0.481 e. The molecule has 0 aliphatic rings. The minimum Gasteiger partial charge on any atom is -0.481 e. The van der Waals surface area contributed by atoms with Gasteiger partial charge in [-0.05, 0) is 81.1 Å². The van der Waals surface area contributed by atoms with Crippen LogP contribution in [0.15, 0.2) is 0 Å². The fourth-order valence-electron chi connectivity index (χ4n) is 2.89. The fraction of sp³-hybridized carbons (Fsp3) is 0.920. The van der Waals surface area contributed by atoms with Crippen LogP contribution in [-0.4, -0.2) is 72.9 Å². The van der Waals surface area contributed by atoms with Gasteiger partial charge in [0.25, 0.3) is 0 Å². The summed E-state index contributed by atoms with van der Waals surface area (Å²) in [6, 6.07) is 0. The summed E-state index contributed by atoms with van der Waals surface area (Å²) in [5.74, 6) is -0.839. The lowest BCUT2D eigenvalue weighted by molar-refractivity contribution is -0.139. The molecule has 0 saturated carbocycles. The fourth-order valence-corrected chi connectivity index (χ4v) is 2.89. The number of hydrogen-bond donors (Lipinski definition) is 2. The molecule has 0 aliphatic heterocycles. The van der Waals surface area contributed by atoms with E-state index in [0.29, 0.717) is 52.0 Å². The normalized spacial score (nSPS) is 13.2. The monoisotopic (exact) mass is 475 g/mol. The van der Waals surface area contributed by atoms with Gasteiger partial charge in [0.2, 0.25) is 5.91 Å². The van der Waals surface area contributed by atoms with Crippen LogP contribution in [0.4, 0.5) is 0 Å². The van der Waals surface area contributed by atoms with Crippen molar-refractivity contribution in [2.24, 2.45) is 0 Å². The lowest BCUT2D eigenvalue weighted by atomic mass is 10.0.